The summed E-state index contributed by atoms with van der Waals surface area (Å²) in [6.45, 7) is 7.20. The van der Waals surface area contributed by atoms with E-state index >= 15 is 0 Å². The van der Waals surface area contributed by atoms with Crippen LogP contribution in [0.4, 0.5) is 11.8 Å². The minimum absolute atomic E-state index is 0.442. The lowest BCUT2D eigenvalue weighted by Gasteiger charge is -2.18. The van der Waals surface area contributed by atoms with E-state index in [4.69, 9.17) is 15.0 Å². The van der Waals surface area contributed by atoms with E-state index in [1.807, 2.05) is 6.07 Å². The summed E-state index contributed by atoms with van der Waals surface area (Å²) in [6, 6.07) is 17.2. The molecule has 0 bridgehead atoms. The van der Waals surface area contributed by atoms with Crippen LogP contribution in [0.15, 0.2) is 48.5 Å². The highest BCUT2D eigenvalue weighted by Crippen LogP contribution is 2.37. The molecule has 0 radical (unpaired) electrons. The Morgan fingerprint density at radius 2 is 1.88 bits per heavy atom. The Morgan fingerprint density at radius 1 is 1.00 bits per heavy atom. The van der Waals surface area contributed by atoms with Gasteiger partial charge >= 0.3 is 0 Å². The number of nitrogens with zero attached hydrogens (tertiary/aromatic N) is 3. The molecule has 2 heterocycles. The topological polar surface area (TPSA) is 62.7 Å². The highest BCUT2D eigenvalue weighted by Gasteiger charge is 2.25. The SMILES string of the molecule is Cc1cccc(CNc2nc(C)c(-c3nc4ccccc4s3)c(NC3CCC(C)C3)n2)c1. The second kappa shape index (κ2) is 8.87. The number of thiazole rings is 1. The van der Waals surface area contributed by atoms with Gasteiger partial charge in [-0.15, -0.1) is 11.3 Å². The molecular formula is C26H29N5S. The smallest absolute Gasteiger partial charge is 0.225 e. The number of anilines is 2. The molecule has 1 aliphatic rings. The molecule has 0 spiro atoms. The summed E-state index contributed by atoms with van der Waals surface area (Å²) in [6.07, 6.45) is 3.61. The van der Waals surface area contributed by atoms with Crippen LogP contribution in [-0.2, 0) is 6.54 Å². The van der Waals surface area contributed by atoms with E-state index < -0.39 is 0 Å². The maximum Gasteiger partial charge on any atom is 0.225 e. The highest BCUT2D eigenvalue weighted by molar-refractivity contribution is 7.21. The zero-order valence-electron chi connectivity index (χ0n) is 18.9. The third-order valence-electron chi connectivity index (χ3n) is 6.17. The summed E-state index contributed by atoms with van der Waals surface area (Å²) in [7, 11) is 0. The van der Waals surface area contributed by atoms with Crippen LogP contribution >= 0.6 is 11.3 Å². The van der Waals surface area contributed by atoms with Crippen molar-refractivity contribution >= 4 is 33.3 Å². The summed E-state index contributed by atoms with van der Waals surface area (Å²) in [4.78, 5) is 14.7. The van der Waals surface area contributed by atoms with E-state index in [0.29, 0.717) is 18.5 Å². The Labute approximate surface area is 193 Å². The average Bonchev–Trinajstić information content (AvgIpc) is 3.37. The van der Waals surface area contributed by atoms with Gasteiger partial charge in [0.05, 0.1) is 21.5 Å². The Kier molecular flexibility index (Phi) is 5.79. The van der Waals surface area contributed by atoms with Gasteiger partial charge in [-0.1, -0.05) is 48.9 Å². The van der Waals surface area contributed by atoms with E-state index in [9.17, 15) is 0 Å². The molecule has 164 valence electrons. The molecular weight excluding hydrogens is 414 g/mol. The summed E-state index contributed by atoms with van der Waals surface area (Å²) in [5.74, 6) is 2.30. The molecule has 0 amide bonds. The van der Waals surface area contributed by atoms with Gasteiger partial charge in [-0.3, -0.25) is 0 Å². The predicted octanol–water partition coefficient (Wildman–Crippen LogP) is 6.58. The first kappa shape index (κ1) is 20.9. The van der Waals surface area contributed by atoms with Crippen molar-refractivity contribution in [3.8, 4) is 10.6 Å². The van der Waals surface area contributed by atoms with E-state index in [2.05, 4.69) is 73.9 Å². The first-order chi connectivity index (χ1) is 15.5. The fourth-order valence-corrected chi connectivity index (χ4v) is 5.59. The molecule has 32 heavy (non-hydrogen) atoms. The quantitative estimate of drug-likeness (QED) is 0.352. The number of aromatic nitrogens is 3. The first-order valence-electron chi connectivity index (χ1n) is 11.4. The zero-order valence-corrected chi connectivity index (χ0v) is 19.7. The van der Waals surface area contributed by atoms with Crippen LogP contribution in [0, 0.1) is 19.8 Å². The van der Waals surface area contributed by atoms with Gasteiger partial charge in [0, 0.05) is 12.6 Å². The lowest BCUT2D eigenvalue weighted by atomic mass is 10.1. The van der Waals surface area contributed by atoms with E-state index in [0.717, 1.165) is 33.5 Å². The van der Waals surface area contributed by atoms with Crippen molar-refractivity contribution in [2.45, 2.75) is 52.6 Å². The fourth-order valence-electron chi connectivity index (χ4n) is 4.53. The van der Waals surface area contributed by atoms with Crippen molar-refractivity contribution in [1.82, 2.24) is 15.0 Å². The molecule has 4 aromatic rings. The minimum atomic E-state index is 0.442. The maximum absolute atomic E-state index is 4.94. The molecule has 1 aliphatic carbocycles. The van der Waals surface area contributed by atoms with Crippen molar-refractivity contribution in [3.05, 3.63) is 65.4 Å². The van der Waals surface area contributed by atoms with Crippen LogP contribution in [0.5, 0.6) is 0 Å². The van der Waals surface area contributed by atoms with Crippen molar-refractivity contribution < 1.29 is 0 Å². The molecule has 2 aromatic heterocycles. The summed E-state index contributed by atoms with van der Waals surface area (Å²) < 4.78 is 1.18. The Morgan fingerprint density at radius 3 is 2.66 bits per heavy atom. The second-order valence-electron chi connectivity index (χ2n) is 8.95. The number of hydrogen-bond donors (Lipinski definition) is 2. The second-order valence-corrected chi connectivity index (χ2v) is 9.98. The largest absolute Gasteiger partial charge is 0.367 e. The van der Waals surface area contributed by atoms with Gasteiger partial charge in [-0.05, 0) is 56.7 Å². The van der Waals surface area contributed by atoms with Gasteiger partial charge < -0.3 is 10.6 Å². The van der Waals surface area contributed by atoms with Gasteiger partial charge in [0.2, 0.25) is 5.95 Å². The van der Waals surface area contributed by atoms with Crippen LogP contribution in [0.1, 0.15) is 43.0 Å². The first-order valence-corrected chi connectivity index (χ1v) is 12.2. The van der Waals surface area contributed by atoms with Crippen LogP contribution < -0.4 is 10.6 Å². The number of rotatable bonds is 6. The molecule has 5 rings (SSSR count). The van der Waals surface area contributed by atoms with Gasteiger partial charge in [0.25, 0.3) is 0 Å². The zero-order chi connectivity index (χ0) is 22.1. The molecule has 2 atom stereocenters. The van der Waals surface area contributed by atoms with E-state index in [1.54, 1.807) is 11.3 Å². The lowest BCUT2D eigenvalue weighted by molar-refractivity contribution is 0.602. The fraction of sp³-hybridized carbons (Fsp3) is 0.346. The Hall–Kier alpha value is -2.99. The minimum Gasteiger partial charge on any atom is -0.367 e. The molecule has 1 fully saturated rings. The van der Waals surface area contributed by atoms with Crippen molar-refractivity contribution in [2.75, 3.05) is 10.6 Å². The highest BCUT2D eigenvalue weighted by atomic mass is 32.1. The van der Waals surface area contributed by atoms with Crippen LogP contribution in [0.3, 0.4) is 0 Å². The van der Waals surface area contributed by atoms with E-state index in [1.165, 1.54) is 35.1 Å². The normalized spacial score (nSPS) is 18.2. The monoisotopic (exact) mass is 443 g/mol. The number of nitrogens with one attached hydrogen (secondary N) is 2. The molecule has 2 N–H and O–H groups in total. The molecule has 2 aromatic carbocycles. The van der Waals surface area contributed by atoms with Crippen LogP contribution in [-0.4, -0.2) is 21.0 Å². The van der Waals surface area contributed by atoms with Crippen LogP contribution in [0.25, 0.3) is 20.8 Å². The van der Waals surface area contributed by atoms with Gasteiger partial charge in [-0.2, -0.15) is 4.98 Å². The third kappa shape index (κ3) is 4.46. The number of hydrogen-bond acceptors (Lipinski definition) is 6. The summed E-state index contributed by atoms with van der Waals surface area (Å²) in [5, 5.41) is 8.15. The van der Waals surface area contributed by atoms with E-state index in [-0.39, 0.29) is 0 Å². The number of fused-ring (bicyclic) bond motifs is 1. The van der Waals surface area contributed by atoms with Gasteiger partial charge in [0.1, 0.15) is 10.8 Å². The number of benzene rings is 2. The van der Waals surface area contributed by atoms with Crippen molar-refractivity contribution in [1.29, 1.82) is 0 Å². The molecule has 2 unspecified atom stereocenters. The van der Waals surface area contributed by atoms with Gasteiger partial charge in [0.15, 0.2) is 0 Å². The molecule has 5 nitrogen and oxygen atoms in total. The lowest BCUT2D eigenvalue weighted by Crippen LogP contribution is -2.18. The van der Waals surface area contributed by atoms with Crippen molar-refractivity contribution in [2.24, 2.45) is 5.92 Å². The third-order valence-corrected chi connectivity index (χ3v) is 7.22. The molecule has 1 saturated carbocycles. The molecule has 0 aliphatic heterocycles. The molecule has 6 heteroatoms. The van der Waals surface area contributed by atoms with Gasteiger partial charge in [-0.25, -0.2) is 9.97 Å². The Bertz CT molecular complexity index is 1220. The summed E-state index contributed by atoms with van der Waals surface area (Å²) >= 11 is 1.70. The van der Waals surface area contributed by atoms with Crippen molar-refractivity contribution in [3.63, 3.8) is 0 Å². The summed E-state index contributed by atoms with van der Waals surface area (Å²) in [5.41, 5.74) is 5.46. The average molecular weight is 444 g/mol. The van der Waals surface area contributed by atoms with Crippen LogP contribution in [0.2, 0.25) is 0 Å². The number of para-hydroxylation sites is 1. The molecule has 0 saturated heterocycles. The maximum atomic E-state index is 4.94. The Balaban J connectivity index is 1.49. The predicted molar refractivity (Wildman–Crippen MR) is 134 cm³/mol. The number of aryl methyl sites for hydroxylation is 2. The standard InChI is InChI=1S/C26H29N5S/c1-16-7-6-8-19(13-16)15-27-26-28-18(3)23(24(31-26)29-20-12-11-17(2)14-20)25-30-21-9-4-5-10-22(21)32-25/h4-10,13,17,20H,11-12,14-15H2,1-3H3,(H2,27,28,29,31).